The van der Waals surface area contributed by atoms with Crippen LogP contribution in [0, 0.1) is 0 Å². The summed E-state index contributed by atoms with van der Waals surface area (Å²) in [6.07, 6.45) is -1.56. The molecule has 0 aromatic rings. The third-order valence-electron chi connectivity index (χ3n) is 4.35. The molecule has 0 atom stereocenters. The average Bonchev–Trinajstić information content (AvgIpc) is 2.68. The second-order valence-corrected chi connectivity index (χ2v) is 8.88. The van der Waals surface area contributed by atoms with Crippen molar-refractivity contribution in [3.05, 3.63) is 0 Å². The average molecular weight is 608 g/mol. The zero-order valence-corrected chi connectivity index (χ0v) is 19.0. The molecule has 0 aliphatic rings. The van der Waals surface area contributed by atoms with Gasteiger partial charge in [0.25, 0.3) is 10.1 Å². The molecular formula is C16H19F15O5S. The van der Waals surface area contributed by atoms with E-state index >= 15 is 0 Å². The van der Waals surface area contributed by atoms with Crippen LogP contribution in [-0.2, 0) is 14.9 Å². The van der Waals surface area contributed by atoms with Gasteiger partial charge >= 0.3 is 47.7 Å². The van der Waals surface area contributed by atoms with Crippen molar-refractivity contribution >= 4 is 16.1 Å². The highest BCUT2D eigenvalue weighted by atomic mass is 32.2. The molecule has 0 saturated carbocycles. The molecule has 0 spiro atoms. The number of hydrogen-bond acceptors (Lipinski definition) is 3. The van der Waals surface area contributed by atoms with Crippen LogP contribution >= 0.6 is 0 Å². The minimum absolute atomic E-state index is 0.0842. The number of hydrogen-bond donors (Lipinski definition) is 2. The largest absolute Gasteiger partial charge is 0.477 e. The maximum Gasteiger partial charge on any atom is 0.460 e. The fourth-order valence-corrected chi connectivity index (χ4v) is 2.73. The predicted octanol–water partition coefficient (Wildman–Crippen LogP) is 6.68. The second-order valence-electron chi connectivity index (χ2n) is 7.30. The summed E-state index contributed by atoms with van der Waals surface area (Å²) < 4.78 is 216. The van der Waals surface area contributed by atoms with Gasteiger partial charge in [0.1, 0.15) is 0 Å². The summed E-state index contributed by atoms with van der Waals surface area (Å²) in [5.41, 5.74) is 0. The van der Waals surface area contributed by atoms with Gasteiger partial charge in [-0.25, -0.2) is 4.79 Å². The third-order valence-corrected chi connectivity index (χ3v) is 5.16. The Morgan fingerprint density at radius 1 is 0.595 bits per heavy atom. The van der Waals surface area contributed by atoms with E-state index in [2.05, 4.69) is 6.92 Å². The summed E-state index contributed by atoms with van der Waals surface area (Å²) >= 11 is 0. The summed E-state index contributed by atoms with van der Waals surface area (Å²) in [6, 6.07) is 0. The highest BCUT2D eigenvalue weighted by Crippen LogP contribution is 2.62. The van der Waals surface area contributed by atoms with Crippen LogP contribution < -0.4 is 0 Å². The molecule has 0 fully saturated rings. The molecule has 0 saturated heterocycles. The molecule has 0 amide bonds. The van der Waals surface area contributed by atoms with Crippen molar-refractivity contribution in [2.75, 3.05) is 5.75 Å². The van der Waals surface area contributed by atoms with Crippen LogP contribution in [0.1, 0.15) is 45.4 Å². The Kier molecular flexibility index (Phi) is 12.2. The first-order valence-electron chi connectivity index (χ1n) is 9.52. The number of carboxylic acids is 1. The standard InChI is InChI=1S/C8HF15O2.C8H18O3S/c9-2(10,1(24)25)3(11,12)4(13,14)5(15,16)6(17,18)7(19,20)8(21,22)23;1-2-3-4-5-6-7-8-12(9,10)11/h(H,24,25);2-8H2,1H3,(H,9,10,11). The quantitative estimate of drug-likeness (QED) is 0.138. The Morgan fingerprint density at radius 3 is 1.24 bits per heavy atom. The highest BCUT2D eigenvalue weighted by Gasteiger charge is 2.94. The second kappa shape index (κ2) is 12.0. The molecule has 0 aliphatic carbocycles. The topological polar surface area (TPSA) is 91.7 Å². The van der Waals surface area contributed by atoms with Gasteiger partial charge in [-0.2, -0.15) is 74.3 Å². The van der Waals surface area contributed by atoms with Crippen LogP contribution in [0.3, 0.4) is 0 Å². The van der Waals surface area contributed by atoms with E-state index in [1.165, 1.54) is 19.3 Å². The molecule has 0 unspecified atom stereocenters. The van der Waals surface area contributed by atoms with Crippen molar-refractivity contribution < 1.29 is 88.7 Å². The van der Waals surface area contributed by atoms with E-state index in [1.54, 1.807) is 0 Å². The number of unbranched alkanes of at least 4 members (excludes halogenated alkanes) is 5. The Labute approximate surface area is 198 Å². The lowest BCUT2D eigenvalue weighted by atomic mass is 9.91. The van der Waals surface area contributed by atoms with Crippen molar-refractivity contribution in [1.29, 1.82) is 0 Å². The van der Waals surface area contributed by atoms with Gasteiger partial charge in [0, 0.05) is 0 Å². The van der Waals surface area contributed by atoms with Crippen molar-refractivity contribution in [3.63, 3.8) is 0 Å². The van der Waals surface area contributed by atoms with Crippen LogP contribution in [0.5, 0.6) is 0 Å². The summed E-state index contributed by atoms with van der Waals surface area (Å²) in [4.78, 5) is 9.72. The van der Waals surface area contributed by atoms with Gasteiger partial charge in [-0.1, -0.05) is 39.0 Å². The summed E-state index contributed by atoms with van der Waals surface area (Å²) in [5, 5.41) is 7.57. The first kappa shape index (κ1) is 37.5. The number of halogens is 15. The molecule has 21 heteroatoms. The van der Waals surface area contributed by atoms with E-state index in [0.29, 0.717) is 6.42 Å². The lowest BCUT2D eigenvalue weighted by Crippen LogP contribution is -2.73. The predicted molar refractivity (Wildman–Crippen MR) is 93.2 cm³/mol. The van der Waals surface area contributed by atoms with Crippen molar-refractivity contribution in [2.45, 2.75) is 87.2 Å². The fraction of sp³-hybridized carbons (Fsp3) is 0.938. The van der Waals surface area contributed by atoms with Crippen molar-refractivity contribution in [1.82, 2.24) is 0 Å². The maximum absolute atomic E-state index is 12.8. The molecule has 0 radical (unpaired) electrons. The first-order chi connectivity index (χ1) is 16.0. The van der Waals surface area contributed by atoms with Crippen LogP contribution in [0.15, 0.2) is 0 Å². The van der Waals surface area contributed by atoms with E-state index < -0.39 is 57.8 Å². The van der Waals surface area contributed by atoms with E-state index in [-0.39, 0.29) is 5.75 Å². The smallest absolute Gasteiger partial charge is 0.460 e. The zero-order chi connectivity index (χ0) is 30.5. The zero-order valence-electron chi connectivity index (χ0n) is 18.1. The lowest BCUT2D eigenvalue weighted by Gasteiger charge is -2.40. The van der Waals surface area contributed by atoms with E-state index in [1.807, 2.05) is 0 Å². The monoisotopic (exact) mass is 608 g/mol. The van der Waals surface area contributed by atoms with Gasteiger partial charge in [-0.05, 0) is 6.42 Å². The molecule has 224 valence electrons. The minimum atomic E-state index is -8.47. The Balaban J connectivity index is 0. The molecule has 5 nitrogen and oxygen atoms in total. The van der Waals surface area contributed by atoms with E-state index in [0.717, 1.165) is 12.8 Å². The van der Waals surface area contributed by atoms with Crippen molar-refractivity contribution in [2.24, 2.45) is 0 Å². The highest BCUT2D eigenvalue weighted by molar-refractivity contribution is 7.85. The number of rotatable bonds is 13. The Morgan fingerprint density at radius 2 is 0.919 bits per heavy atom. The minimum Gasteiger partial charge on any atom is -0.477 e. The normalized spacial score (nSPS) is 14.7. The molecule has 37 heavy (non-hydrogen) atoms. The van der Waals surface area contributed by atoms with E-state index in [9.17, 15) is 79.1 Å². The number of alkyl halides is 15. The SMILES string of the molecule is CCCCCCCCS(=O)(=O)O.O=C(O)C(F)(F)C(F)(F)C(F)(F)C(F)(F)C(F)(F)C(F)(F)C(F)(F)F. The Hall–Kier alpha value is -1.67. The summed E-state index contributed by atoms with van der Waals surface area (Å²) in [5.74, 6) is -52.9. The van der Waals surface area contributed by atoms with Crippen molar-refractivity contribution in [3.8, 4) is 0 Å². The van der Waals surface area contributed by atoms with Crippen LogP contribution in [0.2, 0.25) is 0 Å². The molecular weight excluding hydrogens is 589 g/mol. The van der Waals surface area contributed by atoms with Gasteiger partial charge in [-0.15, -0.1) is 0 Å². The third kappa shape index (κ3) is 7.92. The molecule has 0 aromatic carbocycles. The summed E-state index contributed by atoms with van der Waals surface area (Å²) in [7, 11) is -3.72. The first-order valence-corrected chi connectivity index (χ1v) is 11.1. The molecule has 0 heterocycles. The molecule has 2 N–H and O–H groups in total. The lowest BCUT2D eigenvalue weighted by molar-refractivity contribution is -0.450. The van der Waals surface area contributed by atoms with Gasteiger partial charge in [0.05, 0.1) is 5.75 Å². The molecule has 0 bridgehead atoms. The summed E-state index contributed by atoms with van der Waals surface area (Å²) in [6.45, 7) is 2.14. The Bertz CT molecular complexity index is 853. The van der Waals surface area contributed by atoms with Crippen LogP contribution in [0.25, 0.3) is 0 Å². The number of aliphatic carboxylic acids is 1. The molecule has 0 rings (SSSR count). The number of carbonyl (C=O) groups is 1. The van der Waals surface area contributed by atoms with Crippen LogP contribution in [-0.4, -0.2) is 71.5 Å². The molecule has 0 aliphatic heterocycles. The van der Waals surface area contributed by atoms with E-state index in [4.69, 9.17) is 9.66 Å². The van der Waals surface area contributed by atoms with Gasteiger partial charge in [0.2, 0.25) is 0 Å². The van der Waals surface area contributed by atoms with Gasteiger partial charge < -0.3 is 5.11 Å². The maximum atomic E-state index is 12.8. The van der Waals surface area contributed by atoms with Gasteiger partial charge in [0.15, 0.2) is 0 Å². The number of carboxylic acid groups (broad SMARTS) is 1. The molecule has 0 aromatic heterocycles. The van der Waals surface area contributed by atoms with Crippen LogP contribution in [0.4, 0.5) is 65.9 Å². The van der Waals surface area contributed by atoms with Gasteiger partial charge in [-0.3, -0.25) is 4.55 Å². The fourth-order valence-electron chi connectivity index (χ4n) is 2.17.